The Morgan fingerprint density at radius 2 is 1.82 bits per heavy atom. The topological polar surface area (TPSA) is 95.2 Å². The highest BCUT2D eigenvalue weighted by atomic mass is 16.2. The fourth-order valence-electron chi connectivity index (χ4n) is 6.62. The van der Waals surface area contributed by atoms with E-state index in [1.165, 1.54) is 25.5 Å². The van der Waals surface area contributed by atoms with Crippen LogP contribution in [0.4, 0.5) is 0 Å². The highest BCUT2D eigenvalue weighted by Gasteiger charge is 2.53. The quantitative estimate of drug-likeness (QED) is 0.827. The first-order chi connectivity index (χ1) is 13.4. The zero-order chi connectivity index (χ0) is 19.5. The van der Waals surface area contributed by atoms with E-state index >= 15 is 0 Å². The standard InChI is InChI=1S/C21H28N4O3/c1-25-11-15(2-3-17(25)26)23-18(27)16-10-22-20(24-19(16)28)21-7-12-4-13(8-21)6-14(5-12)9-21/h10,12-15H,2-9,11H2,1H3,(H,23,27)(H,22,24,28). The smallest absolute Gasteiger partial charge is 0.263 e. The third-order valence-electron chi connectivity index (χ3n) is 7.55. The van der Waals surface area contributed by atoms with Crippen LogP contribution in [0.2, 0.25) is 0 Å². The lowest BCUT2D eigenvalue weighted by Crippen LogP contribution is -2.50. The lowest BCUT2D eigenvalue weighted by molar-refractivity contribution is -0.132. The molecule has 1 aromatic heterocycles. The summed E-state index contributed by atoms with van der Waals surface area (Å²) < 4.78 is 0. The van der Waals surface area contributed by atoms with Gasteiger partial charge in [-0.25, -0.2) is 4.98 Å². The number of nitrogens with one attached hydrogen (secondary N) is 2. The van der Waals surface area contributed by atoms with Crippen molar-refractivity contribution in [1.82, 2.24) is 20.2 Å². The Kier molecular flexibility index (Phi) is 4.10. The number of aromatic nitrogens is 2. The van der Waals surface area contributed by atoms with Gasteiger partial charge in [-0.05, 0) is 62.7 Å². The van der Waals surface area contributed by atoms with Crippen LogP contribution >= 0.6 is 0 Å². The number of H-pyrrole nitrogens is 1. The Bertz CT molecular complexity index is 841. The number of hydrogen-bond acceptors (Lipinski definition) is 4. The van der Waals surface area contributed by atoms with Gasteiger partial charge in [-0.1, -0.05) is 0 Å². The average Bonchev–Trinajstić information content (AvgIpc) is 2.63. The van der Waals surface area contributed by atoms with E-state index in [1.54, 1.807) is 11.9 Å². The van der Waals surface area contributed by atoms with Crippen LogP contribution < -0.4 is 10.9 Å². The Morgan fingerprint density at radius 3 is 2.39 bits per heavy atom. The third kappa shape index (κ3) is 2.95. The highest BCUT2D eigenvalue weighted by Crippen LogP contribution is 2.59. The van der Waals surface area contributed by atoms with Gasteiger partial charge in [0.1, 0.15) is 11.4 Å². The number of carbonyl (C=O) groups is 2. The molecule has 5 aliphatic rings. The van der Waals surface area contributed by atoms with Gasteiger partial charge in [0.2, 0.25) is 5.91 Å². The highest BCUT2D eigenvalue weighted by molar-refractivity contribution is 5.93. The summed E-state index contributed by atoms with van der Waals surface area (Å²) in [5, 5.41) is 2.89. The Balaban J connectivity index is 1.34. The molecule has 7 heteroatoms. The van der Waals surface area contributed by atoms with Gasteiger partial charge in [0.15, 0.2) is 0 Å². The van der Waals surface area contributed by atoms with Crippen LogP contribution in [-0.4, -0.2) is 46.3 Å². The first-order valence-corrected chi connectivity index (χ1v) is 10.6. The van der Waals surface area contributed by atoms with Crippen LogP contribution in [0.3, 0.4) is 0 Å². The predicted molar refractivity (Wildman–Crippen MR) is 103 cm³/mol. The molecule has 7 nitrogen and oxygen atoms in total. The van der Waals surface area contributed by atoms with Gasteiger partial charge >= 0.3 is 0 Å². The molecule has 6 rings (SSSR count). The summed E-state index contributed by atoms with van der Waals surface area (Å²) in [7, 11) is 1.73. The van der Waals surface area contributed by atoms with Crippen molar-refractivity contribution >= 4 is 11.8 Å². The van der Waals surface area contributed by atoms with Crippen LogP contribution in [0.1, 0.15) is 67.5 Å². The van der Waals surface area contributed by atoms with E-state index in [1.807, 2.05) is 0 Å². The molecule has 5 fully saturated rings. The molecule has 0 aromatic carbocycles. The van der Waals surface area contributed by atoms with Crippen molar-refractivity contribution in [2.24, 2.45) is 17.8 Å². The van der Waals surface area contributed by atoms with Gasteiger partial charge in [0.05, 0.1) is 0 Å². The minimum absolute atomic E-state index is 0.00929. The molecular weight excluding hydrogens is 356 g/mol. The van der Waals surface area contributed by atoms with Crippen LogP contribution in [0, 0.1) is 17.8 Å². The molecule has 1 atom stereocenters. The van der Waals surface area contributed by atoms with Crippen molar-refractivity contribution in [3.63, 3.8) is 0 Å². The van der Waals surface area contributed by atoms with Crippen LogP contribution in [-0.2, 0) is 10.2 Å². The second-order valence-electron chi connectivity index (χ2n) is 9.66. The Labute approximate surface area is 164 Å². The summed E-state index contributed by atoms with van der Waals surface area (Å²) in [6.07, 6.45) is 9.85. The van der Waals surface area contributed by atoms with Crippen molar-refractivity contribution in [2.75, 3.05) is 13.6 Å². The minimum Gasteiger partial charge on any atom is -0.347 e. The van der Waals surface area contributed by atoms with Crippen molar-refractivity contribution in [2.45, 2.75) is 62.8 Å². The lowest BCUT2D eigenvalue weighted by atomic mass is 9.49. The second kappa shape index (κ2) is 6.42. The van der Waals surface area contributed by atoms with E-state index in [-0.39, 0.29) is 28.5 Å². The molecule has 4 saturated carbocycles. The zero-order valence-electron chi connectivity index (χ0n) is 16.4. The van der Waals surface area contributed by atoms with Crippen LogP contribution in [0.15, 0.2) is 11.0 Å². The van der Waals surface area contributed by atoms with Gasteiger partial charge in [-0.2, -0.15) is 0 Å². The van der Waals surface area contributed by atoms with Gasteiger partial charge in [0.25, 0.3) is 11.5 Å². The summed E-state index contributed by atoms with van der Waals surface area (Å²) in [4.78, 5) is 46.1. The number of amides is 2. The number of rotatable bonds is 3. The number of carbonyl (C=O) groups excluding carboxylic acids is 2. The molecule has 1 unspecified atom stereocenters. The van der Waals surface area contributed by atoms with E-state index in [4.69, 9.17) is 0 Å². The van der Waals surface area contributed by atoms with E-state index in [0.29, 0.717) is 19.4 Å². The first-order valence-electron chi connectivity index (χ1n) is 10.6. The summed E-state index contributed by atoms with van der Waals surface area (Å²) in [5.74, 6) is 2.78. The average molecular weight is 384 g/mol. The van der Waals surface area contributed by atoms with Gasteiger partial charge in [-0.15, -0.1) is 0 Å². The summed E-state index contributed by atoms with van der Waals surface area (Å²) in [6.45, 7) is 0.473. The predicted octanol–water partition coefficient (Wildman–Crippen LogP) is 1.59. The molecular formula is C21H28N4O3. The maximum Gasteiger partial charge on any atom is 0.263 e. The van der Waals surface area contributed by atoms with Gasteiger partial charge < -0.3 is 15.2 Å². The van der Waals surface area contributed by atoms with Gasteiger partial charge in [0, 0.05) is 37.7 Å². The molecule has 28 heavy (non-hydrogen) atoms. The van der Waals surface area contributed by atoms with Crippen LogP contribution in [0.25, 0.3) is 0 Å². The molecule has 2 N–H and O–H groups in total. The van der Waals surface area contributed by atoms with Crippen molar-refractivity contribution in [3.05, 3.63) is 27.9 Å². The molecule has 0 spiro atoms. The second-order valence-corrected chi connectivity index (χ2v) is 9.66. The monoisotopic (exact) mass is 384 g/mol. The summed E-state index contributed by atoms with van der Waals surface area (Å²) >= 11 is 0. The zero-order valence-corrected chi connectivity index (χ0v) is 16.4. The molecule has 4 bridgehead atoms. The van der Waals surface area contributed by atoms with E-state index in [2.05, 4.69) is 15.3 Å². The fraction of sp³-hybridized carbons (Fsp3) is 0.714. The fourth-order valence-corrected chi connectivity index (χ4v) is 6.62. The number of aromatic amines is 1. The van der Waals surface area contributed by atoms with E-state index in [9.17, 15) is 14.4 Å². The maximum absolute atomic E-state index is 12.7. The maximum atomic E-state index is 12.7. The van der Waals surface area contributed by atoms with E-state index < -0.39 is 5.91 Å². The number of likely N-dealkylation sites (N-methyl/N-ethyl adjacent to an activating group) is 1. The van der Waals surface area contributed by atoms with Crippen molar-refractivity contribution in [1.29, 1.82) is 0 Å². The van der Waals surface area contributed by atoms with Crippen molar-refractivity contribution < 1.29 is 9.59 Å². The number of likely N-dealkylation sites (tertiary alicyclic amines) is 1. The molecule has 4 aliphatic carbocycles. The minimum atomic E-state index is -0.404. The largest absolute Gasteiger partial charge is 0.347 e. The Morgan fingerprint density at radius 1 is 1.18 bits per heavy atom. The molecule has 1 aliphatic heterocycles. The van der Waals surface area contributed by atoms with Crippen molar-refractivity contribution in [3.8, 4) is 0 Å². The number of hydrogen-bond donors (Lipinski definition) is 2. The SMILES string of the molecule is CN1CC(NC(=O)c2cnc(C34CC5CC(CC(C5)C3)C4)[nH]c2=O)CCC1=O. The third-order valence-corrected chi connectivity index (χ3v) is 7.55. The first kappa shape index (κ1) is 17.9. The molecule has 1 saturated heterocycles. The molecule has 2 amide bonds. The summed E-state index contributed by atoms with van der Waals surface area (Å²) in [5.41, 5.74) is -0.276. The summed E-state index contributed by atoms with van der Waals surface area (Å²) in [6, 6.07) is -0.127. The molecule has 1 aromatic rings. The lowest BCUT2D eigenvalue weighted by Gasteiger charge is -2.56. The number of piperidine rings is 1. The number of nitrogens with zero attached hydrogens (tertiary/aromatic N) is 2. The van der Waals surface area contributed by atoms with Gasteiger partial charge in [-0.3, -0.25) is 14.4 Å². The van der Waals surface area contributed by atoms with E-state index in [0.717, 1.165) is 42.8 Å². The Hall–Kier alpha value is -2.18. The molecule has 0 radical (unpaired) electrons. The molecule has 150 valence electrons. The molecule has 2 heterocycles. The normalized spacial score (nSPS) is 36.6. The van der Waals surface area contributed by atoms with Crippen LogP contribution in [0.5, 0.6) is 0 Å².